The molecule has 0 spiro atoms. The van der Waals surface area contributed by atoms with Crippen LogP contribution in [-0.4, -0.2) is 29.9 Å². The first-order chi connectivity index (χ1) is 9.69. The molecule has 2 rings (SSSR count). The average Bonchev–Trinajstić information content (AvgIpc) is 2.86. The zero-order valence-electron chi connectivity index (χ0n) is 12.2. The maximum atomic E-state index is 5.36. The number of ether oxygens (including phenoxy) is 1. The molecule has 5 heteroatoms. The van der Waals surface area contributed by atoms with Crippen molar-refractivity contribution in [2.45, 2.75) is 32.7 Å². The van der Waals surface area contributed by atoms with Crippen LogP contribution in [-0.2, 0) is 12.8 Å². The van der Waals surface area contributed by atoms with E-state index < -0.39 is 0 Å². The Bertz CT molecular complexity index is 539. The van der Waals surface area contributed by atoms with Crippen LogP contribution in [0.3, 0.4) is 0 Å². The number of para-hydroxylation sites is 1. The van der Waals surface area contributed by atoms with Crippen molar-refractivity contribution in [3.8, 4) is 5.75 Å². The lowest BCUT2D eigenvalue weighted by atomic mass is 10.1. The fourth-order valence-corrected chi connectivity index (χ4v) is 2.81. The van der Waals surface area contributed by atoms with E-state index >= 15 is 0 Å². The summed E-state index contributed by atoms with van der Waals surface area (Å²) in [4.78, 5) is 0. The normalized spacial score (nSPS) is 11.0. The summed E-state index contributed by atoms with van der Waals surface area (Å²) in [6, 6.07) is 8.55. The summed E-state index contributed by atoms with van der Waals surface area (Å²) in [5.41, 5.74) is 1.15. The van der Waals surface area contributed by atoms with Crippen molar-refractivity contribution in [3.05, 3.63) is 39.8 Å². The van der Waals surface area contributed by atoms with Gasteiger partial charge < -0.3 is 10.1 Å². The van der Waals surface area contributed by atoms with E-state index in [1.165, 1.54) is 0 Å². The van der Waals surface area contributed by atoms with Crippen molar-refractivity contribution in [2.75, 3.05) is 13.7 Å². The van der Waals surface area contributed by atoms with E-state index in [1.807, 2.05) is 18.2 Å². The number of nitrogens with zero attached hydrogens (tertiary/aromatic N) is 2. The Morgan fingerprint density at radius 1 is 1.20 bits per heavy atom. The summed E-state index contributed by atoms with van der Waals surface area (Å²) in [5, 5.41) is 14.0. The van der Waals surface area contributed by atoms with Gasteiger partial charge in [0.05, 0.1) is 7.11 Å². The van der Waals surface area contributed by atoms with Gasteiger partial charge in [-0.25, -0.2) is 0 Å². The largest absolute Gasteiger partial charge is 0.496 e. The second-order valence-corrected chi connectivity index (χ2v) is 6.08. The lowest BCUT2D eigenvalue weighted by Gasteiger charge is -2.05. The van der Waals surface area contributed by atoms with Gasteiger partial charge in [0.25, 0.3) is 0 Å². The third kappa shape index (κ3) is 4.28. The van der Waals surface area contributed by atoms with Crippen LogP contribution in [0.1, 0.15) is 29.4 Å². The molecule has 0 radical (unpaired) electrons. The van der Waals surface area contributed by atoms with Gasteiger partial charge in [0.15, 0.2) is 0 Å². The summed E-state index contributed by atoms with van der Waals surface area (Å²) >= 11 is 1.68. The number of hydrogen-bond acceptors (Lipinski definition) is 5. The third-order valence-corrected chi connectivity index (χ3v) is 3.92. The highest BCUT2D eigenvalue weighted by Crippen LogP contribution is 2.22. The Balaban J connectivity index is 1.95. The fraction of sp³-hybridized carbons (Fsp3) is 0.467. The van der Waals surface area contributed by atoms with Gasteiger partial charge in [-0.3, -0.25) is 0 Å². The molecule has 1 N–H and O–H groups in total. The van der Waals surface area contributed by atoms with Crippen LogP contribution >= 0.6 is 11.3 Å². The smallest absolute Gasteiger partial charge is 0.122 e. The average molecular weight is 291 g/mol. The monoisotopic (exact) mass is 291 g/mol. The number of nitrogens with one attached hydrogen (secondary N) is 1. The van der Waals surface area contributed by atoms with Crippen LogP contribution in [0.15, 0.2) is 24.3 Å². The van der Waals surface area contributed by atoms with Crippen LogP contribution in [0.5, 0.6) is 5.75 Å². The minimum absolute atomic E-state index is 0.510. The van der Waals surface area contributed by atoms with Crippen LogP contribution in [0, 0.1) is 0 Å². The van der Waals surface area contributed by atoms with Crippen LogP contribution < -0.4 is 10.1 Å². The van der Waals surface area contributed by atoms with Gasteiger partial charge in [-0.05, 0) is 6.07 Å². The van der Waals surface area contributed by atoms with Gasteiger partial charge in [0.2, 0.25) is 0 Å². The zero-order chi connectivity index (χ0) is 14.4. The van der Waals surface area contributed by atoms with E-state index in [1.54, 1.807) is 18.4 Å². The van der Waals surface area contributed by atoms with E-state index in [0.717, 1.165) is 40.7 Å². The van der Waals surface area contributed by atoms with Crippen LogP contribution in [0.25, 0.3) is 0 Å². The van der Waals surface area contributed by atoms with Gasteiger partial charge in [0.1, 0.15) is 15.8 Å². The summed E-state index contributed by atoms with van der Waals surface area (Å²) in [7, 11) is 1.70. The fourth-order valence-electron chi connectivity index (χ4n) is 1.94. The quantitative estimate of drug-likeness (QED) is 0.852. The predicted molar refractivity (Wildman–Crippen MR) is 82.6 cm³/mol. The summed E-state index contributed by atoms with van der Waals surface area (Å²) in [6.45, 7) is 5.24. The standard InChI is InChI=1S/C15H21N3OS/c1-11(2)16-9-8-14-17-18-15(20-14)10-12-6-4-5-7-13(12)19-3/h4-7,11,16H,8-10H2,1-3H3. The molecule has 2 aromatic rings. The van der Waals surface area contributed by atoms with Crippen molar-refractivity contribution >= 4 is 11.3 Å². The van der Waals surface area contributed by atoms with Gasteiger partial charge in [0, 0.05) is 31.0 Å². The molecular weight excluding hydrogens is 270 g/mol. The molecule has 20 heavy (non-hydrogen) atoms. The first-order valence-corrected chi connectivity index (χ1v) is 7.67. The molecule has 0 fully saturated rings. The molecule has 4 nitrogen and oxygen atoms in total. The maximum absolute atomic E-state index is 5.36. The molecule has 0 bridgehead atoms. The van der Waals surface area contributed by atoms with Crippen molar-refractivity contribution < 1.29 is 4.74 Å². The molecule has 1 heterocycles. The maximum Gasteiger partial charge on any atom is 0.122 e. The first-order valence-electron chi connectivity index (χ1n) is 6.85. The van der Waals surface area contributed by atoms with Gasteiger partial charge in [-0.2, -0.15) is 0 Å². The molecule has 0 saturated heterocycles. The molecule has 0 saturated carbocycles. The Kier molecular flexibility index (Phi) is 5.49. The predicted octanol–water partition coefficient (Wildman–Crippen LogP) is 2.68. The van der Waals surface area contributed by atoms with Crippen molar-refractivity contribution in [1.82, 2.24) is 15.5 Å². The van der Waals surface area contributed by atoms with Crippen molar-refractivity contribution in [1.29, 1.82) is 0 Å². The van der Waals surface area contributed by atoms with Crippen molar-refractivity contribution in [2.24, 2.45) is 0 Å². The molecule has 1 aromatic heterocycles. The Hall–Kier alpha value is -1.46. The SMILES string of the molecule is COc1ccccc1Cc1nnc(CCNC(C)C)s1. The molecule has 0 aliphatic carbocycles. The Labute approximate surface area is 124 Å². The molecule has 0 unspecified atom stereocenters. The number of aromatic nitrogens is 2. The lowest BCUT2D eigenvalue weighted by molar-refractivity contribution is 0.410. The lowest BCUT2D eigenvalue weighted by Crippen LogP contribution is -2.24. The first kappa shape index (κ1) is 14.9. The van der Waals surface area contributed by atoms with E-state index in [4.69, 9.17) is 4.74 Å². The number of methoxy groups -OCH3 is 1. The van der Waals surface area contributed by atoms with Crippen molar-refractivity contribution in [3.63, 3.8) is 0 Å². The highest BCUT2D eigenvalue weighted by Gasteiger charge is 2.08. The second kappa shape index (κ2) is 7.36. The third-order valence-electron chi connectivity index (χ3n) is 2.93. The minimum Gasteiger partial charge on any atom is -0.496 e. The van der Waals surface area contributed by atoms with E-state index in [9.17, 15) is 0 Å². The molecule has 0 aliphatic rings. The molecule has 0 amide bonds. The highest BCUT2D eigenvalue weighted by molar-refractivity contribution is 7.11. The number of rotatable bonds is 7. The summed E-state index contributed by atoms with van der Waals surface area (Å²) in [5.74, 6) is 0.908. The Morgan fingerprint density at radius 2 is 1.95 bits per heavy atom. The topological polar surface area (TPSA) is 47.0 Å². The summed E-state index contributed by atoms with van der Waals surface area (Å²) < 4.78 is 5.36. The summed E-state index contributed by atoms with van der Waals surface area (Å²) in [6.07, 6.45) is 1.71. The number of hydrogen-bond donors (Lipinski definition) is 1. The minimum atomic E-state index is 0.510. The van der Waals surface area contributed by atoms with E-state index in [0.29, 0.717) is 6.04 Å². The zero-order valence-corrected chi connectivity index (χ0v) is 13.0. The molecule has 1 aromatic carbocycles. The van der Waals surface area contributed by atoms with E-state index in [-0.39, 0.29) is 0 Å². The molecular formula is C15H21N3OS. The highest BCUT2D eigenvalue weighted by atomic mass is 32.1. The van der Waals surface area contributed by atoms with E-state index in [2.05, 4.69) is 35.4 Å². The van der Waals surface area contributed by atoms with Gasteiger partial charge in [-0.15, -0.1) is 21.5 Å². The van der Waals surface area contributed by atoms with Gasteiger partial charge >= 0.3 is 0 Å². The van der Waals surface area contributed by atoms with Crippen LogP contribution in [0.2, 0.25) is 0 Å². The molecule has 0 atom stereocenters. The van der Waals surface area contributed by atoms with Gasteiger partial charge in [-0.1, -0.05) is 32.0 Å². The number of benzene rings is 1. The Morgan fingerprint density at radius 3 is 2.70 bits per heavy atom. The van der Waals surface area contributed by atoms with Crippen LogP contribution in [0.4, 0.5) is 0 Å². The second-order valence-electron chi connectivity index (χ2n) is 4.94. The molecule has 108 valence electrons. The molecule has 0 aliphatic heterocycles.